The first-order valence-electron chi connectivity index (χ1n) is 8.97. The molecule has 0 saturated carbocycles. The van der Waals surface area contributed by atoms with E-state index in [-0.39, 0.29) is 36.9 Å². The Bertz CT molecular complexity index is 666. The third kappa shape index (κ3) is 4.04. The molecule has 2 atom stereocenters. The summed E-state index contributed by atoms with van der Waals surface area (Å²) in [6, 6.07) is 6.67. The number of aryl methyl sites for hydroxylation is 1. The maximum atomic E-state index is 12.2. The number of Topliss-reactive ketones (excluding diaryl/α,β-unsaturated/α-hetero) is 1. The number of fused-ring (bicyclic) bond motifs is 1. The molecule has 1 aromatic carbocycles. The highest BCUT2D eigenvalue weighted by Gasteiger charge is 2.47. The number of carbonyl (C=O) groups is 3. The summed E-state index contributed by atoms with van der Waals surface area (Å²) in [6.45, 7) is 2.11. The van der Waals surface area contributed by atoms with E-state index < -0.39 is 6.10 Å². The molecule has 1 aromatic rings. The van der Waals surface area contributed by atoms with Crippen LogP contribution in [0.3, 0.4) is 0 Å². The van der Waals surface area contributed by atoms with Gasteiger partial charge in [0.1, 0.15) is 30.3 Å². The van der Waals surface area contributed by atoms with E-state index in [2.05, 4.69) is 0 Å². The summed E-state index contributed by atoms with van der Waals surface area (Å²) in [4.78, 5) is 38.2. The Labute approximate surface area is 152 Å². The molecule has 2 heterocycles. The summed E-state index contributed by atoms with van der Waals surface area (Å²) < 4.78 is 5.54. The predicted octanol–water partition coefficient (Wildman–Crippen LogP) is 1.37. The summed E-state index contributed by atoms with van der Waals surface area (Å²) in [7, 11) is 0. The SMILES string of the molecule is CC(=O)CCc1ccc(OC[C@@H](O)CN2C(=O)[C@H]3CCCN3C2=O)cc1. The van der Waals surface area contributed by atoms with Crippen molar-refractivity contribution in [3.63, 3.8) is 0 Å². The number of ether oxygens (including phenoxy) is 1. The van der Waals surface area contributed by atoms with Crippen molar-refractivity contribution in [1.82, 2.24) is 9.80 Å². The summed E-state index contributed by atoms with van der Waals surface area (Å²) in [5.41, 5.74) is 1.04. The summed E-state index contributed by atoms with van der Waals surface area (Å²) in [5, 5.41) is 10.1. The van der Waals surface area contributed by atoms with Crippen molar-refractivity contribution in [3.8, 4) is 5.75 Å². The van der Waals surface area contributed by atoms with Crippen molar-refractivity contribution in [3.05, 3.63) is 29.8 Å². The molecule has 3 rings (SSSR count). The molecular weight excluding hydrogens is 336 g/mol. The fraction of sp³-hybridized carbons (Fsp3) is 0.526. The largest absolute Gasteiger partial charge is 0.491 e. The van der Waals surface area contributed by atoms with Crippen LogP contribution in [0.25, 0.3) is 0 Å². The molecule has 7 heteroatoms. The second-order valence-corrected chi connectivity index (χ2v) is 6.89. The van der Waals surface area contributed by atoms with Gasteiger partial charge in [0.05, 0.1) is 6.54 Å². The maximum Gasteiger partial charge on any atom is 0.327 e. The predicted molar refractivity (Wildman–Crippen MR) is 93.8 cm³/mol. The van der Waals surface area contributed by atoms with Gasteiger partial charge in [-0.1, -0.05) is 12.1 Å². The monoisotopic (exact) mass is 360 g/mol. The number of ketones is 1. The topological polar surface area (TPSA) is 87.2 Å². The molecule has 3 amide bonds. The van der Waals surface area contributed by atoms with Crippen molar-refractivity contribution in [2.24, 2.45) is 0 Å². The van der Waals surface area contributed by atoms with Gasteiger partial charge in [0.15, 0.2) is 0 Å². The average molecular weight is 360 g/mol. The highest BCUT2D eigenvalue weighted by atomic mass is 16.5. The number of rotatable bonds is 8. The number of nitrogens with zero attached hydrogens (tertiary/aromatic N) is 2. The molecule has 0 bridgehead atoms. The molecule has 0 spiro atoms. The van der Waals surface area contributed by atoms with Gasteiger partial charge in [-0.05, 0) is 43.9 Å². The van der Waals surface area contributed by atoms with E-state index in [4.69, 9.17) is 4.74 Å². The number of hydrogen-bond donors (Lipinski definition) is 1. The van der Waals surface area contributed by atoms with Crippen LogP contribution in [0.2, 0.25) is 0 Å². The maximum absolute atomic E-state index is 12.2. The van der Waals surface area contributed by atoms with Crippen LogP contribution < -0.4 is 4.74 Å². The van der Waals surface area contributed by atoms with Crippen LogP contribution >= 0.6 is 0 Å². The molecule has 0 unspecified atom stereocenters. The van der Waals surface area contributed by atoms with Gasteiger partial charge >= 0.3 is 6.03 Å². The van der Waals surface area contributed by atoms with E-state index >= 15 is 0 Å². The van der Waals surface area contributed by atoms with E-state index in [9.17, 15) is 19.5 Å². The molecule has 2 saturated heterocycles. The first kappa shape index (κ1) is 18.4. The number of aliphatic hydroxyl groups excluding tert-OH is 1. The van der Waals surface area contributed by atoms with E-state index in [0.717, 1.165) is 16.9 Å². The Morgan fingerprint density at radius 2 is 2.04 bits per heavy atom. The van der Waals surface area contributed by atoms with Crippen LogP contribution in [0.4, 0.5) is 4.79 Å². The van der Waals surface area contributed by atoms with Gasteiger partial charge in [-0.3, -0.25) is 9.69 Å². The van der Waals surface area contributed by atoms with E-state index in [1.807, 2.05) is 12.1 Å². The lowest BCUT2D eigenvalue weighted by Gasteiger charge is -2.19. The Balaban J connectivity index is 1.47. The van der Waals surface area contributed by atoms with Crippen LogP contribution in [0.1, 0.15) is 31.7 Å². The van der Waals surface area contributed by atoms with Gasteiger partial charge in [-0.2, -0.15) is 0 Å². The van der Waals surface area contributed by atoms with E-state index in [1.165, 1.54) is 0 Å². The second kappa shape index (κ2) is 7.86. The van der Waals surface area contributed by atoms with Gasteiger partial charge in [-0.15, -0.1) is 0 Å². The summed E-state index contributed by atoms with van der Waals surface area (Å²) in [5.74, 6) is 0.525. The smallest absolute Gasteiger partial charge is 0.327 e. The summed E-state index contributed by atoms with van der Waals surface area (Å²) in [6.07, 6.45) is 1.80. The fourth-order valence-corrected chi connectivity index (χ4v) is 3.38. The number of β-amino-alcohol motifs (C(OH)–C–C–N with tert-alkyl or cyclic N) is 1. The number of benzene rings is 1. The van der Waals surface area contributed by atoms with Crippen LogP contribution in [0.5, 0.6) is 5.75 Å². The van der Waals surface area contributed by atoms with Crippen molar-refractivity contribution in [2.75, 3.05) is 19.7 Å². The lowest BCUT2D eigenvalue weighted by atomic mass is 10.1. The first-order valence-corrected chi connectivity index (χ1v) is 8.97. The number of urea groups is 1. The number of carbonyl (C=O) groups excluding carboxylic acids is 3. The zero-order valence-electron chi connectivity index (χ0n) is 14.9. The van der Waals surface area contributed by atoms with Gasteiger partial charge in [0.25, 0.3) is 5.91 Å². The lowest BCUT2D eigenvalue weighted by molar-refractivity contribution is -0.129. The molecule has 0 aromatic heterocycles. The Hall–Kier alpha value is -2.41. The molecule has 140 valence electrons. The van der Waals surface area contributed by atoms with Crippen LogP contribution in [0, 0.1) is 0 Å². The van der Waals surface area contributed by atoms with E-state index in [0.29, 0.717) is 31.6 Å². The third-order valence-corrected chi connectivity index (χ3v) is 4.81. The Morgan fingerprint density at radius 3 is 2.69 bits per heavy atom. The van der Waals surface area contributed by atoms with Gasteiger partial charge < -0.3 is 19.5 Å². The fourth-order valence-electron chi connectivity index (χ4n) is 3.38. The lowest BCUT2D eigenvalue weighted by Crippen LogP contribution is -2.41. The highest BCUT2D eigenvalue weighted by molar-refractivity contribution is 6.04. The third-order valence-electron chi connectivity index (χ3n) is 4.81. The minimum absolute atomic E-state index is 0.00544. The zero-order chi connectivity index (χ0) is 18.7. The molecule has 2 fully saturated rings. The molecular formula is C19H24N2O5. The summed E-state index contributed by atoms with van der Waals surface area (Å²) >= 11 is 0. The van der Waals surface area contributed by atoms with Gasteiger partial charge in [0, 0.05) is 13.0 Å². The van der Waals surface area contributed by atoms with Crippen LogP contribution in [-0.2, 0) is 16.0 Å². The molecule has 1 N–H and O–H groups in total. The standard InChI is InChI=1S/C19H24N2O5/c1-13(22)4-5-14-6-8-16(9-7-14)26-12-15(23)11-21-18(24)17-3-2-10-20(17)19(21)25/h6-9,15,17,23H,2-5,10-12H2,1H3/t15-,17+/m0/s1. The normalized spacial score (nSPS) is 20.5. The highest BCUT2D eigenvalue weighted by Crippen LogP contribution is 2.27. The minimum Gasteiger partial charge on any atom is -0.491 e. The first-order chi connectivity index (χ1) is 12.5. The number of amides is 3. The van der Waals surface area contributed by atoms with Crippen molar-refractivity contribution in [1.29, 1.82) is 0 Å². The van der Waals surface area contributed by atoms with Gasteiger partial charge in [-0.25, -0.2) is 4.79 Å². The second-order valence-electron chi connectivity index (χ2n) is 6.89. The number of imide groups is 1. The average Bonchev–Trinajstić information content (AvgIpc) is 3.19. The minimum atomic E-state index is -0.944. The van der Waals surface area contributed by atoms with Crippen molar-refractivity contribution in [2.45, 2.75) is 44.8 Å². The molecule has 7 nitrogen and oxygen atoms in total. The quantitative estimate of drug-likeness (QED) is 0.708. The number of aliphatic hydroxyl groups is 1. The van der Waals surface area contributed by atoms with Crippen LogP contribution in [-0.4, -0.2) is 64.5 Å². The Kier molecular flexibility index (Phi) is 5.56. The van der Waals surface area contributed by atoms with Crippen molar-refractivity contribution >= 4 is 17.7 Å². The molecule has 0 radical (unpaired) electrons. The zero-order valence-corrected chi connectivity index (χ0v) is 14.9. The van der Waals surface area contributed by atoms with Crippen LogP contribution in [0.15, 0.2) is 24.3 Å². The number of hydrogen-bond acceptors (Lipinski definition) is 5. The molecule has 26 heavy (non-hydrogen) atoms. The molecule has 0 aliphatic carbocycles. The Morgan fingerprint density at radius 1 is 1.31 bits per heavy atom. The molecule has 2 aliphatic rings. The van der Waals surface area contributed by atoms with E-state index in [1.54, 1.807) is 24.0 Å². The van der Waals surface area contributed by atoms with Crippen molar-refractivity contribution < 1.29 is 24.2 Å². The molecule has 2 aliphatic heterocycles. The van der Waals surface area contributed by atoms with Gasteiger partial charge in [0.2, 0.25) is 0 Å².